The Kier molecular flexibility index (Phi) is 4.17. The highest BCUT2D eigenvalue weighted by Gasteiger charge is 2.32. The summed E-state index contributed by atoms with van der Waals surface area (Å²) >= 11 is 0. The fourth-order valence-electron chi connectivity index (χ4n) is 2.81. The van der Waals surface area contributed by atoms with Crippen molar-refractivity contribution >= 4 is 0 Å². The average molecular weight is 266 g/mol. The van der Waals surface area contributed by atoms with Gasteiger partial charge in [-0.2, -0.15) is 0 Å². The highest BCUT2D eigenvalue weighted by atomic mass is 16.5. The van der Waals surface area contributed by atoms with E-state index in [4.69, 9.17) is 15.2 Å². The zero-order valence-electron chi connectivity index (χ0n) is 11.7. The lowest BCUT2D eigenvalue weighted by atomic mass is 9.98. The second-order valence-electron chi connectivity index (χ2n) is 5.06. The van der Waals surface area contributed by atoms with Gasteiger partial charge in [-0.1, -0.05) is 0 Å². The standard InChI is InChI=1S/C14H22N2O3/c1-16-8-9(7-15)4-11(16)10-5-14(19-3)12(17)6-13(10)18-2/h5-6,9,11,17H,4,7-8,15H2,1-3H3. The SMILES string of the molecule is COc1cc(C2CC(CN)CN2C)c(OC)cc1O. The maximum absolute atomic E-state index is 9.82. The largest absolute Gasteiger partial charge is 0.504 e. The predicted molar refractivity (Wildman–Crippen MR) is 73.7 cm³/mol. The molecule has 0 bridgehead atoms. The Balaban J connectivity index is 2.38. The molecule has 2 rings (SSSR count). The van der Waals surface area contributed by atoms with Gasteiger partial charge in [0.15, 0.2) is 11.5 Å². The van der Waals surface area contributed by atoms with Crippen LogP contribution < -0.4 is 15.2 Å². The fraction of sp³-hybridized carbons (Fsp3) is 0.571. The average Bonchev–Trinajstić information content (AvgIpc) is 2.79. The molecule has 2 atom stereocenters. The van der Waals surface area contributed by atoms with Crippen LogP contribution in [0.1, 0.15) is 18.0 Å². The number of rotatable bonds is 4. The topological polar surface area (TPSA) is 68.0 Å². The summed E-state index contributed by atoms with van der Waals surface area (Å²) in [6, 6.07) is 3.71. The van der Waals surface area contributed by atoms with Crippen molar-refractivity contribution in [2.75, 3.05) is 34.4 Å². The molecule has 0 aliphatic carbocycles. The number of nitrogens with zero attached hydrogens (tertiary/aromatic N) is 1. The lowest BCUT2D eigenvalue weighted by Gasteiger charge is -2.22. The van der Waals surface area contributed by atoms with Crippen LogP contribution >= 0.6 is 0 Å². The Hall–Kier alpha value is -1.46. The molecule has 1 aliphatic heterocycles. The Morgan fingerprint density at radius 1 is 1.32 bits per heavy atom. The van der Waals surface area contributed by atoms with E-state index in [-0.39, 0.29) is 11.8 Å². The number of aromatic hydroxyl groups is 1. The first-order valence-electron chi connectivity index (χ1n) is 6.45. The van der Waals surface area contributed by atoms with Gasteiger partial charge in [0.2, 0.25) is 0 Å². The summed E-state index contributed by atoms with van der Waals surface area (Å²) in [4.78, 5) is 2.27. The number of likely N-dealkylation sites (tertiary alicyclic amines) is 1. The van der Waals surface area contributed by atoms with Gasteiger partial charge in [-0.25, -0.2) is 0 Å². The highest BCUT2D eigenvalue weighted by molar-refractivity contribution is 5.51. The molecule has 0 amide bonds. The Labute approximate surface area is 113 Å². The molecule has 1 saturated heterocycles. The van der Waals surface area contributed by atoms with Crippen molar-refractivity contribution in [1.82, 2.24) is 4.90 Å². The van der Waals surface area contributed by atoms with Gasteiger partial charge in [0.05, 0.1) is 14.2 Å². The number of methoxy groups -OCH3 is 2. The summed E-state index contributed by atoms with van der Waals surface area (Å²) in [5.74, 6) is 1.76. The summed E-state index contributed by atoms with van der Waals surface area (Å²) in [5, 5.41) is 9.82. The second-order valence-corrected chi connectivity index (χ2v) is 5.06. The smallest absolute Gasteiger partial charge is 0.161 e. The van der Waals surface area contributed by atoms with Crippen molar-refractivity contribution in [3.8, 4) is 17.2 Å². The summed E-state index contributed by atoms with van der Waals surface area (Å²) < 4.78 is 10.6. The Morgan fingerprint density at radius 2 is 2.00 bits per heavy atom. The molecule has 1 aliphatic rings. The minimum absolute atomic E-state index is 0.0964. The van der Waals surface area contributed by atoms with Gasteiger partial charge in [-0.3, -0.25) is 4.90 Å². The first-order chi connectivity index (χ1) is 9.10. The lowest BCUT2D eigenvalue weighted by molar-refractivity contribution is 0.299. The van der Waals surface area contributed by atoms with Crippen molar-refractivity contribution < 1.29 is 14.6 Å². The van der Waals surface area contributed by atoms with E-state index in [9.17, 15) is 5.11 Å². The zero-order chi connectivity index (χ0) is 14.0. The van der Waals surface area contributed by atoms with Gasteiger partial charge >= 0.3 is 0 Å². The highest BCUT2D eigenvalue weighted by Crippen LogP contribution is 2.42. The molecule has 1 aromatic carbocycles. The van der Waals surface area contributed by atoms with Crippen LogP contribution in [0.5, 0.6) is 17.2 Å². The monoisotopic (exact) mass is 266 g/mol. The molecule has 106 valence electrons. The fourth-order valence-corrected chi connectivity index (χ4v) is 2.81. The van der Waals surface area contributed by atoms with Crippen LogP contribution in [0.4, 0.5) is 0 Å². The maximum atomic E-state index is 9.82. The van der Waals surface area contributed by atoms with Crippen LogP contribution in [0.15, 0.2) is 12.1 Å². The number of phenolic OH excluding ortho intramolecular Hbond substituents is 1. The number of hydrogen-bond donors (Lipinski definition) is 2. The summed E-state index contributed by atoms with van der Waals surface area (Å²) in [6.07, 6.45) is 0.997. The van der Waals surface area contributed by atoms with Crippen LogP contribution in [-0.2, 0) is 0 Å². The zero-order valence-corrected chi connectivity index (χ0v) is 11.7. The molecule has 3 N–H and O–H groups in total. The molecule has 1 fully saturated rings. The number of ether oxygens (including phenoxy) is 2. The molecular formula is C14H22N2O3. The molecule has 0 aromatic heterocycles. The van der Waals surface area contributed by atoms with E-state index in [1.165, 1.54) is 0 Å². The van der Waals surface area contributed by atoms with Gasteiger partial charge in [0.1, 0.15) is 5.75 Å². The third-order valence-electron chi connectivity index (χ3n) is 3.86. The van der Waals surface area contributed by atoms with E-state index in [1.807, 2.05) is 6.07 Å². The quantitative estimate of drug-likeness (QED) is 0.861. The molecule has 0 spiro atoms. The minimum atomic E-state index is 0.0964. The molecule has 5 nitrogen and oxygen atoms in total. The van der Waals surface area contributed by atoms with Crippen LogP contribution in [0.2, 0.25) is 0 Å². The molecule has 1 heterocycles. The Morgan fingerprint density at radius 3 is 2.53 bits per heavy atom. The number of nitrogens with two attached hydrogens (primary N) is 1. The summed E-state index contributed by atoms with van der Waals surface area (Å²) in [6.45, 7) is 1.67. The van der Waals surface area contributed by atoms with Crippen LogP contribution in [-0.4, -0.2) is 44.4 Å². The number of benzene rings is 1. The van der Waals surface area contributed by atoms with Gasteiger partial charge in [-0.15, -0.1) is 0 Å². The van der Waals surface area contributed by atoms with Crippen molar-refractivity contribution in [1.29, 1.82) is 0 Å². The molecular weight excluding hydrogens is 244 g/mol. The molecule has 2 unspecified atom stereocenters. The molecule has 0 saturated carbocycles. The summed E-state index contributed by atoms with van der Waals surface area (Å²) in [7, 11) is 5.24. The van der Waals surface area contributed by atoms with Gasteiger partial charge in [0, 0.05) is 24.2 Å². The van der Waals surface area contributed by atoms with Gasteiger partial charge in [-0.05, 0) is 32.0 Å². The van der Waals surface area contributed by atoms with Crippen molar-refractivity contribution in [3.05, 3.63) is 17.7 Å². The van der Waals surface area contributed by atoms with E-state index in [1.54, 1.807) is 20.3 Å². The van der Waals surface area contributed by atoms with Crippen molar-refractivity contribution in [3.63, 3.8) is 0 Å². The van der Waals surface area contributed by atoms with E-state index in [2.05, 4.69) is 11.9 Å². The first-order valence-corrected chi connectivity index (χ1v) is 6.45. The third-order valence-corrected chi connectivity index (χ3v) is 3.86. The maximum Gasteiger partial charge on any atom is 0.161 e. The molecule has 1 aromatic rings. The number of hydrogen-bond acceptors (Lipinski definition) is 5. The van der Waals surface area contributed by atoms with Crippen LogP contribution in [0.3, 0.4) is 0 Å². The van der Waals surface area contributed by atoms with E-state index < -0.39 is 0 Å². The van der Waals surface area contributed by atoms with Crippen LogP contribution in [0.25, 0.3) is 0 Å². The lowest BCUT2D eigenvalue weighted by Crippen LogP contribution is -2.20. The van der Waals surface area contributed by atoms with Crippen LogP contribution in [0, 0.1) is 5.92 Å². The van der Waals surface area contributed by atoms with E-state index in [0.29, 0.717) is 24.0 Å². The summed E-state index contributed by atoms with van der Waals surface area (Å²) in [5.41, 5.74) is 6.80. The second kappa shape index (κ2) is 5.67. The Bertz CT molecular complexity index is 451. The van der Waals surface area contributed by atoms with Crippen molar-refractivity contribution in [2.45, 2.75) is 12.5 Å². The third kappa shape index (κ3) is 2.62. The van der Waals surface area contributed by atoms with Gasteiger partial charge in [0.25, 0.3) is 0 Å². The van der Waals surface area contributed by atoms with Crippen molar-refractivity contribution in [2.24, 2.45) is 11.7 Å². The van der Waals surface area contributed by atoms with E-state index >= 15 is 0 Å². The molecule has 19 heavy (non-hydrogen) atoms. The van der Waals surface area contributed by atoms with Gasteiger partial charge < -0.3 is 20.3 Å². The number of phenols is 1. The minimum Gasteiger partial charge on any atom is -0.504 e. The molecule has 0 radical (unpaired) electrons. The predicted octanol–water partition coefficient (Wildman–Crippen LogP) is 1.36. The normalized spacial score (nSPS) is 23.6. The molecule has 5 heteroatoms. The first kappa shape index (κ1) is 14.0. The van der Waals surface area contributed by atoms with E-state index in [0.717, 1.165) is 18.5 Å².